The highest BCUT2D eigenvalue weighted by atomic mass is 32.2. The molecular formula is C13H21N3OS. The minimum Gasteiger partial charge on any atom is -0.351 e. The maximum Gasteiger partial charge on any atom is 0.223 e. The Morgan fingerprint density at radius 2 is 2.50 bits per heavy atom. The third kappa shape index (κ3) is 3.07. The van der Waals surface area contributed by atoms with Gasteiger partial charge in [-0.1, -0.05) is 6.92 Å². The van der Waals surface area contributed by atoms with Crippen LogP contribution in [0.5, 0.6) is 0 Å². The molecular weight excluding hydrogens is 246 g/mol. The van der Waals surface area contributed by atoms with Gasteiger partial charge in [-0.05, 0) is 19.6 Å². The van der Waals surface area contributed by atoms with Gasteiger partial charge in [-0.3, -0.25) is 4.79 Å². The van der Waals surface area contributed by atoms with Gasteiger partial charge >= 0.3 is 0 Å². The zero-order chi connectivity index (χ0) is 13.1. The Morgan fingerprint density at radius 1 is 1.72 bits per heavy atom. The summed E-state index contributed by atoms with van der Waals surface area (Å²) in [5.41, 5.74) is 1.06. The number of rotatable bonds is 4. The Hall–Kier alpha value is -0.970. The van der Waals surface area contributed by atoms with Crippen LogP contribution in [-0.2, 0) is 17.8 Å². The molecule has 0 fully saturated rings. The molecule has 1 amide bonds. The molecule has 1 aliphatic rings. The molecule has 2 atom stereocenters. The molecule has 0 unspecified atom stereocenters. The summed E-state index contributed by atoms with van der Waals surface area (Å²) >= 11 is 1.72. The summed E-state index contributed by atoms with van der Waals surface area (Å²) in [4.78, 5) is 16.4. The van der Waals surface area contributed by atoms with Gasteiger partial charge in [-0.25, -0.2) is 4.98 Å². The first-order chi connectivity index (χ1) is 8.60. The molecule has 1 aromatic heterocycles. The predicted octanol–water partition coefficient (Wildman–Crippen LogP) is 1.62. The summed E-state index contributed by atoms with van der Waals surface area (Å²) in [6, 6.07) is 0.253. The summed E-state index contributed by atoms with van der Waals surface area (Å²) < 4.78 is 2.17. The molecule has 2 heterocycles. The van der Waals surface area contributed by atoms with Gasteiger partial charge in [0.15, 0.2) is 0 Å². The first-order valence-electron chi connectivity index (χ1n) is 6.42. The van der Waals surface area contributed by atoms with Gasteiger partial charge in [0.05, 0.1) is 5.69 Å². The highest BCUT2D eigenvalue weighted by Gasteiger charge is 2.22. The van der Waals surface area contributed by atoms with Crippen molar-refractivity contribution in [2.24, 2.45) is 5.92 Å². The lowest BCUT2D eigenvalue weighted by Gasteiger charge is -2.25. The summed E-state index contributed by atoms with van der Waals surface area (Å²) in [6.45, 7) is 4.86. The topological polar surface area (TPSA) is 46.9 Å². The third-order valence-corrected chi connectivity index (χ3v) is 4.16. The number of fused-ring (bicyclic) bond motifs is 1. The van der Waals surface area contributed by atoms with Gasteiger partial charge < -0.3 is 9.88 Å². The lowest BCUT2D eigenvalue weighted by Crippen LogP contribution is -2.43. The number of amides is 1. The Bertz CT molecular complexity index is 430. The molecule has 0 bridgehead atoms. The minimum atomic E-state index is 0.0888. The van der Waals surface area contributed by atoms with Gasteiger partial charge in [0.25, 0.3) is 0 Å². The van der Waals surface area contributed by atoms with Crippen molar-refractivity contribution in [3.63, 3.8) is 0 Å². The molecule has 0 spiro atoms. The zero-order valence-corrected chi connectivity index (χ0v) is 12.1. The van der Waals surface area contributed by atoms with E-state index in [9.17, 15) is 4.79 Å². The molecule has 0 saturated heterocycles. The lowest BCUT2D eigenvalue weighted by molar-refractivity contribution is -0.124. The van der Waals surface area contributed by atoms with Crippen LogP contribution in [0, 0.1) is 12.8 Å². The zero-order valence-electron chi connectivity index (χ0n) is 11.3. The summed E-state index contributed by atoms with van der Waals surface area (Å²) in [5, 5.41) is 3.15. The standard InChI is InChI=1S/C13H21N3OS/c1-9(8-18-3)13(17)15-11-4-5-12-14-10(2)6-16(12)7-11/h6,9,11H,4-5,7-8H2,1-3H3,(H,15,17)/t9-,11-/m0/s1. The number of nitrogens with one attached hydrogen (secondary N) is 1. The minimum absolute atomic E-state index is 0.0888. The fourth-order valence-corrected chi connectivity index (χ4v) is 3.02. The number of carbonyl (C=O) groups is 1. The SMILES string of the molecule is CSC[C@H](C)C(=O)N[C@H]1CCc2nc(C)cn2C1. The Labute approximate surface area is 113 Å². The molecule has 0 radical (unpaired) electrons. The van der Waals surface area contributed by atoms with E-state index < -0.39 is 0 Å². The summed E-state index contributed by atoms with van der Waals surface area (Å²) in [6.07, 6.45) is 6.05. The van der Waals surface area contributed by atoms with Crippen LogP contribution in [0.1, 0.15) is 24.9 Å². The number of thioether (sulfide) groups is 1. The van der Waals surface area contributed by atoms with E-state index in [0.717, 1.165) is 36.7 Å². The van der Waals surface area contributed by atoms with Crippen LogP contribution in [0.15, 0.2) is 6.20 Å². The van der Waals surface area contributed by atoms with Gasteiger partial charge in [0, 0.05) is 36.9 Å². The van der Waals surface area contributed by atoms with Crippen molar-refractivity contribution < 1.29 is 4.79 Å². The maximum absolute atomic E-state index is 12.0. The van der Waals surface area contributed by atoms with Crippen molar-refractivity contribution in [2.45, 2.75) is 39.3 Å². The molecule has 2 rings (SSSR count). The molecule has 1 aromatic rings. The number of hydrogen-bond donors (Lipinski definition) is 1. The van der Waals surface area contributed by atoms with E-state index in [4.69, 9.17) is 0 Å². The normalized spacial score (nSPS) is 20.3. The number of aromatic nitrogens is 2. The number of aryl methyl sites for hydroxylation is 2. The summed E-state index contributed by atoms with van der Waals surface area (Å²) in [5.74, 6) is 2.30. The van der Waals surface area contributed by atoms with Gasteiger partial charge in [0.2, 0.25) is 5.91 Å². The Kier molecular flexibility index (Phi) is 4.32. The second-order valence-electron chi connectivity index (χ2n) is 5.05. The second-order valence-corrected chi connectivity index (χ2v) is 5.96. The van der Waals surface area contributed by atoms with Crippen LogP contribution in [0.3, 0.4) is 0 Å². The smallest absolute Gasteiger partial charge is 0.223 e. The van der Waals surface area contributed by atoms with Gasteiger partial charge in [-0.2, -0.15) is 11.8 Å². The van der Waals surface area contributed by atoms with Crippen LogP contribution < -0.4 is 5.32 Å². The average molecular weight is 267 g/mol. The van der Waals surface area contributed by atoms with Crippen molar-refractivity contribution >= 4 is 17.7 Å². The van der Waals surface area contributed by atoms with Crippen molar-refractivity contribution in [3.05, 3.63) is 17.7 Å². The third-order valence-electron chi connectivity index (χ3n) is 3.32. The van der Waals surface area contributed by atoms with Crippen LogP contribution >= 0.6 is 11.8 Å². The fraction of sp³-hybridized carbons (Fsp3) is 0.692. The molecule has 100 valence electrons. The highest BCUT2D eigenvalue weighted by molar-refractivity contribution is 7.98. The predicted molar refractivity (Wildman–Crippen MR) is 74.8 cm³/mol. The van der Waals surface area contributed by atoms with Crippen molar-refractivity contribution in [2.75, 3.05) is 12.0 Å². The number of imidazole rings is 1. The molecule has 1 N–H and O–H groups in total. The fourth-order valence-electron chi connectivity index (χ4n) is 2.37. The van der Waals surface area contributed by atoms with E-state index >= 15 is 0 Å². The van der Waals surface area contributed by atoms with E-state index in [-0.39, 0.29) is 17.9 Å². The van der Waals surface area contributed by atoms with E-state index in [1.54, 1.807) is 11.8 Å². The molecule has 1 aliphatic heterocycles. The molecule has 18 heavy (non-hydrogen) atoms. The number of hydrogen-bond acceptors (Lipinski definition) is 3. The quantitative estimate of drug-likeness (QED) is 0.902. The first-order valence-corrected chi connectivity index (χ1v) is 7.81. The Balaban J connectivity index is 1.91. The second kappa shape index (κ2) is 5.78. The van der Waals surface area contributed by atoms with Crippen molar-refractivity contribution in [1.82, 2.24) is 14.9 Å². The highest BCUT2D eigenvalue weighted by Crippen LogP contribution is 2.15. The molecule has 0 saturated carbocycles. The van der Waals surface area contributed by atoms with Crippen molar-refractivity contribution in [1.29, 1.82) is 0 Å². The largest absolute Gasteiger partial charge is 0.351 e. The van der Waals surface area contributed by atoms with Gasteiger partial charge in [-0.15, -0.1) is 0 Å². The molecule has 5 heteroatoms. The van der Waals surface area contributed by atoms with E-state index in [0.29, 0.717) is 0 Å². The average Bonchev–Trinajstić information content (AvgIpc) is 2.68. The number of carbonyl (C=O) groups excluding carboxylic acids is 1. The van der Waals surface area contributed by atoms with Crippen LogP contribution in [-0.4, -0.2) is 33.5 Å². The monoisotopic (exact) mass is 267 g/mol. The summed E-state index contributed by atoms with van der Waals surface area (Å²) in [7, 11) is 0. The Morgan fingerprint density at radius 3 is 3.22 bits per heavy atom. The number of nitrogens with zero attached hydrogens (tertiary/aromatic N) is 2. The van der Waals surface area contributed by atoms with Crippen LogP contribution in [0.2, 0.25) is 0 Å². The lowest BCUT2D eigenvalue weighted by atomic mass is 10.1. The van der Waals surface area contributed by atoms with Crippen LogP contribution in [0.4, 0.5) is 0 Å². The molecule has 0 aliphatic carbocycles. The van der Waals surface area contributed by atoms with Crippen LogP contribution in [0.25, 0.3) is 0 Å². The van der Waals surface area contributed by atoms with Crippen molar-refractivity contribution in [3.8, 4) is 0 Å². The molecule has 0 aromatic carbocycles. The molecule has 4 nitrogen and oxygen atoms in total. The van der Waals surface area contributed by atoms with E-state index in [2.05, 4.69) is 21.1 Å². The van der Waals surface area contributed by atoms with Gasteiger partial charge in [0.1, 0.15) is 5.82 Å². The van der Waals surface area contributed by atoms with E-state index in [1.807, 2.05) is 20.1 Å². The van der Waals surface area contributed by atoms with E-state index in [1.165, 1.54) is 0 Å². The first kappa shape index (κ1) is 13.5. The maximum atomic E-state index is 12.0.